The molecule has 1 heterocycles. The Hall–Kier alpha value is -1.89. The molecule has 0 unspecified atom stereocenters. The average molecular weight is 356 g/mol. The van der Waals surface area contributed by atoms with Crippen LogP contribution in [0.4, 0.5) is 13.2 Å². The number of hydrogen-bond donors (Lipinski definition) is 1. The van der Waals surface area contributed by atoms with Crippen molar-refractivity contribution in [2.45, 2.75) is 57.9 Å². The highest BCUT2D eigenvalue weighted by Crippen LogP contribution is 2.41. The van der Waals surface area contributed by atoms with E-state index in [1.165, 1.54) is 0 Å². The summed E-state index contributed by atoms with van der Waals surface area (Å²) in [6.45, 7) is 3.69. The molecular weight excluding hydrogens is 333 g/mol. The van der Waals surface area contributed by atoms with Crippen LogP contribution >= 0.6 is 0 Å². The van der Waals surface area contributed by atoms with Crippen molar-refractivity contribution in [3.05, 3.63) is 35.9 Å². The summed E-state index contributed by atoms with van der Waals surface area (Å²) < 4.78 is 40.0. The van der Waals surface area contributed by atoms with Gasteiger partial charge in [0.05, 0.1) is 0 Å². The normalized spacial score (nSPS) is 20.9. The molecule has 1 N–H and O–H groups in total. The summed E-state index contributed by atoms with van der Waals surface area (Å²) in [5.74, 6) is -0.723. The highest BCUT2D eigenvalue weighted by atomic mass is 19.4. The van der Waals surface area contributed by atoms with Crippen LogP contribution in [0.25, 0.3) is 0 Å². The van der Waals surface area contributed by atoms with Gasteiger partial charge < -0.3 is 5.11 Å². The Morgan fingerprint density at radius 2 is 1.96 bits per heavy atom. The van der Waals surface area contributed by atoms with Gasteiger partial charge in [0.15, 0.2) is 0 Å². The van der Waals surface area contributed by atoms with Crippen molar-refractivity contribution in [3.63, 3.8) is 0 Å². The summed E-state index contributed by atoms with van der Waals surface area (Å²) in [5, 5.41) is 14.2. The van der Waals surface area contributed by atoms with Crippen LogP contribution in [0, 0.1) is 5.92 Å². The maximum Gasteiger partial charge on any atom is 0.438 e. The van der Waals surface area contributed by atoms with E-state index in [0.717, 1.165) is 5.56 Å². The van der Waals surface area contributed by atoms with Crippen molar-refractivity contribution < 1.29 is 23.1 Å². The van der Waals surface area contributed by atoms with Gasteiger partial charge in [0, 0.05) is 18.6 Å². The molecule has 1 amide bonds. The van der Waals surface area contributed by atoms with Gasteiger partial charge in [-0.3, -0.25) is 4.79 Å². The third kappa shape index (κ3) is 4.60. The van der Waals surface area contributed by atoms with Crippen molar-refractivity contribution in [2.24, 2.45) is 11.0 Å². The summed E-state index contributed by atoms with van der Waals surface area (Å²) >= 11 is 0. The van der Waals surface area contributed by atoms with Crippen LogP contribution in [0.1, 0.15) is 45.1 Å². The molecular formula is C18H23F3N2O2. The standard InChI is InChI=1S/C18H23F3N2O2/c1-13(2)11-15-12-17(25,18(19,20)21)23(22-15)16(24)10-6-9-14-7-4-3-5-8-14/h3-5,7-8,13,25H,6,9-12H2,1-2H3/t17-/m1/s1. The number of alkyl halides is 3. The van der Waals surface area contributed by atoms with E-state index in [9.17, 15) is 23.1 Å². The quantitative estimate of drug-likeness (QED) is 0.841. The number of halogens is 3. The first kappa shape index (κ1) is 19.4. The summed E-state index contributed by atoms with van der Waals surface area (Å²) in [7, 11) is 0. The summed E-state index contributed by atoms with van der Waals surface area (Å²) in [6, 6.07) is 9.38. The fraction of sp³-hybridized carbons (Fsp3) is 0.556. The molecule has 0 bridgehead atoms. The molecule has 0 aliphatic carbocycles. The van der Waals surface area contributed by atoms with Gasteiger partial charge in [-0.1, -0.05) is 44.2 Å². The first-order valence-corrected chi connectivity index (χ1v) is 8.36. The second-order valence-corrected chi connectivity index (χ2v) is 6.80. The number of hydrazone groups is 1. The lowest BCUT2D eigenvalue weighted by Gasteiger charge is -2.32. The number of nitrogens with zero attached hydrogens (tertiary/aromatic N) is 2. The van der Waals surface area contributed by atoms with E-state index < -0.39 is 24.2 Å². The predicted octanol–water partition coefficient (Wildman–Crippen LogP) is 3.89. The van der Waals surface area contributed by atoms with Gasteiger partial charge in [-0.2, -0.15) is 23.3 Å². The number of carbonyl (C=O) groups excluding carboxylic acids is 1. The molecule has 0 fully saturated rings. The lowest BCUT2D eigenvalue weighted by atomic mass is 9.99. The molecule has 7 heteroatoms. The van der Waals surface area contributed by atoms with Crippen LogP contribution in [0.15, 0.2) is 35.4 Å². The minimum absolute atomic E-state index is 0.0874. The highest BCUT2D eigenvalue weighted by Gasteiger charge is 2.62. The molecule has 2 rings (SSSR count). The van der Waals surface area contributed by atoms with Gasteiger partial charge in [-0.05, 0) is 30.7 Å². The Balaban J connectivity index is 2.06. The van der Waals surface area contributed by atoms with Crippen LogP contribution in [-0.2, 0) is 11.2 Å². The van der Waals surface area contributed by atoms with E-state index in [-0.39, 0.29) is 23.1 Å². The molecule has 0 saturated heterocycles. The zero-order valence-corrected chi connectivity index (χ0v) is 14.4. The monoisotopic (exact) mass is 356 g/mol. The Morgan fingerprint density at radius 3 is 2.52 bits per heavy atom. The number of carbonyl (C=O) groups is 1. The van der Waals surface area contributed by atoms with Gasteiger partial charge in [-0.15, -0.1) is 0 Å². The zero-order chi connectivity index (χ0) is 18.7. The number of benzene rings is 1. The van der Waals surface area contributed by atoms with E-state index in [0.29, 0.717) is 19.3 Å². The van der Waals surface area contributed by atoms with Crippen LogP contribution in [-0.4, -0.2) is 33.6 Å². The molecule has 1 atom stereocenters. The van der Waals surface area contributed by atoms with E-state index in [2.05, 4.69) is 5.10 Å². The second kappa shape index (κ2) is 7.56. The van der Waals surface area contributed by atoms with E-state index in [1.807, 2.05) is 44.2 Å². The SMILES string of the molecule is CC(C)CC1=NN(C(=O)CCCc2ccccc2)[C@](O)(C(F)(F)F)C1. The van der Waals surface area contributed by atoms with Crippen molar-refractivity contribution in [3.8, 4) is 0 Å². The largest absolute Gasteiger partial charge is 0.438 e. The van der Waals surface area contributed by atoms with Crippen LogP contribution < -0.4 is 0 Å². The molecule has 0 aromatic heterocycles. The van der Waals surface area contributed by atoms with Gasteiger partial charge >= 0.3 is 6.18 Å². The highest BCUT2D eigenvalue weighted by molar-refractivity contribution is 5.90. The van der Waals surface area contributed by atoms with Crippen molar-refractivity contribution in [2.75, 3.05) is 0 Å². The number of rotatable bonds is 6. The maximum absolute atomic E-state index is 13.3. The fourth-order valence-electron chi connectivity index (χ4n) is 2.88. The van der Waals surface area contributed by atoms with Gasteiger partial charge in [0.2, 0.25) is 5.91 Å². The molecule has 1 aromatic carbocycles. The minimum atomic E-state index is -4.95. The van der Waals surface area contributed by atoms with Crippen molar-refractivity contribution >= 4 is 11.6 Å². The molecule has 0 radical (unpaired) electrons. The summed E-state index contributed by atoms with van der Waals surface area (Å²) in [5.41, 5.74) is -2.03. The molecule has 0 spiro atoms. The van der Waals surface area contributed by atoms with Crippen molar-refractivity contribution in [1.29, 1.82) is 0 Å². The summed E-state index contributed by atoms with van der Waals surface area (Å²) in [6.07, 6.45) is -4.46. The summed E-state index contributed by atoms with van der Waals surface area (Å²) in [4.78, 5) is 12.3. The van der Waals surface area contributed by atoms with Crippen LogP contribution in [0.5, 0.6) is 0 Å². The first-order chi connectivity index (χ1) is 11.6. The number of amides is 1. The number of aliphatic hydroxyl groups is 1. The van der Waals surface area contributed by atoms with E-state index in [4.69, 9.17) is 0 Å². The average Bonchev–Trinajstić information content (AvgIpc) is 2.85. The number of hydrogen-bond acceptors (Lipinski definition) is 3. The van der Waals surface area contributed by atoms with Gasteiger partial charge in [0.1, 0.15) is 0 Å². The van der Waals surface area contributed by atoms with E-state index >= 15 is 0 Å². The van der Waals surface area contributed by atoms with Gasteiger partial charge in [0.25, 0.3) is 5.72 Å². The molecule has 1 aliphatic heterocycles. The molecule has 4 nitrogen and oxygen atoms in total. The second-order valence-electron chi connectivity index (χ2n) is 6.80. The van der Waals surface area contributed by atoms with E-state index in [1.54, 1.807) is 0 Å². The molecule has 1 aromatic rings. The Morgan fingerprint density at radius 1 is 1.32 bits per heavy atom. The Kier molecular flexibility index (Phi) is 5.87. The lowest BCUT2D eigenvalue weighted by Crippen LogP contribution is -2.56. The fourth-order valence-corrected chi connectivity index (χ4v) is 2.88. The minimum Gasteiger partial charge on any atom is -0.362 e. The Bertz CT molecular complexity index is 629. The Labute approximate surface area is 145 Å². The first-order valence-electron chi connectivity index (χ1n) is 8.36. The topological polar surface area (TPSA) is 52.9 Å². The van der Waals surface area contributed by atoms with Crippen LogP contribution in [0.2, 0.25) is 0 Å². The van der Waals surface area contributed by atoms with Gasteiger partial charge in [-0.25, -0.2) is 0 Å². The third-order valence-electron chi connectivity index (χ3n) is 4.08. The smallest absolute Gasteiger partial charge is 0.362 e. The van der Waals surface area contributed by atoms with Crippen LogP contribution in [0.3, 0.4) is 0 Å². The molecule has 1 aliphatic rings. The third-order valence-corrected chi connectivity index (χ3v) is 4.08. The number of aryl methyl sites for hydroxylation is 1. The molecule has 138 valence electrons. The lowest BCUT2D eigenvalue weighted by molar-refractivity contribution is -0.302. The van der Waals surface area contributed by atoms with Crippen molar-refractivity contribution in [1.82, 2.24) is 5.01 Å². The predicted molar refractivity (Wildman–Crippen MR) is 88.7 cm³/mol. The molecule has 0 saturated carbocycles. The zero-order valence-electron chi connectivity index (χ0n) is 14.4. The maximum atomic E-state index is 13.3. The molecule has 25 heavy (non-hydrogen) atoms.